The van der Waals surface area contributed by atoms with E-state index in [0.717, 1.165) is 5.56 Å². The average Bonchev–Trinajstić information content (AvgIpc) is 2.83. The van der Waals surface area contributed by atoms with Gasteiger partial charge in [0.2, 0.25) is 15.9 Å². The topological polar surface area (TPSA) is 76.2 Å². The van der Waals surface area contributed by atoms with Gasteiger partial charge in [-0.1, -0.05) is 12.1 Å². The molecule has 0 spiro atoms. The molecule has 2 aromatic rings. The number of carbonyl (C=O) groups excluding carboxylic acids is 1. The second-order valence-electron chi connectivity index (χ2n) is 8.16. The monoisotopic (exact) mass is 462 g/mol. The summed E-state index contributed by atoms with van der Waals surface area (Å²) in [5.74, 6) is 0.367. The molecule has 1 saturated heterocycles. The van der Waals surface area contributed by atoms with Gasteiger partial charge in [0, 0.05) is 32.1 Å². The van der Waals surface area contributed by atoms with Gasteiger partial charge in [-0.25, -0.2) is 12.8 Å². The van der Waals surface area contributed by atoms with E-state index in [4.69, 9.17) is 9.47 Å². The van der Waals surface area contributed by atoms with Crippen LogP contribution in [0.4, 0.5) is 4.39 Å². The third kappa shape index (κ3) is 4.45. The highest BCUT2D eigenvalue weighted by Gasteiger charge is 2.34. The molecule has 172 valence electrons. The maximum atomic E-state index is 13.2. The minimum absolute atomic E-state index is 0.0294. The number of sulfonamides is 1. The van der Waals surface area contributed by atoms with Crippen LogP contribution in [0.1, 0.15) is 31.4 Å². The van der Waals surface area contributed by atoms with Gasteiger partial charge < -0.3 is 14.4 Å². The first-order valence-electron chi connectivity index (χ1n) is 10.7. The fourth-order valence-corrected chi connectivity index (χ4v) is 5.61. The van der Waals surface area contributed by atoms with Gasteiger partial charge in [0.05, 0.1) is 10.9 Å². The minimum atomic E-state index is -3.69. The molecular formula is C23H27FN2O5S. The quantitative estimate of drug-likeness (QED) is 0.682. The average molecular weight is 463 g/mol. The number of carbonyl (C=O) groups is 1. The molecular weight excluding hydrogens is 435 g/mol. The standard InChI is InChI=1S/C23H27FN2O5S/c1-16(17-3-5-19(24)6-4-17)25(2)23(27)18-9-11-26(12-10-18)32(28,29)20-7-8-21-22(15-20)31-14-13-30-21/h3-8,15-16,18H,9-14H2,1-2H3. The summed E-state index contributed by atoms with van der Waals surface area (Å²) >= 11 is 0. The van der Waals surface area contributed by atoms with Gasteiger partial charge in [-0.3, -0.25) is 4.79 Å². The molecule has 2 heterocycles. The predicted octanol–water partition coefficient (Wildman–Crippen LogP) is 3.22. The molecule has 2 aliphatic rings. The fraction of sp³-hybridized carbons (Fsp3) is 0.435. The lowest BCUT2D eigenvalue weighted by Gasteiger charge is -2.34. The zero-order chi connectivity index (χ0) is 22.9. The molecule has 0 bridgehead atoms. The lowest BCUT2D eigenvalue weighted by molar-refractivity contribution is -0.137. The van der Waals surface area contributed by atoms with Gasteiger partial charge in [-0.15, -0.1) is 0 Å². The maximum absolute atomic E-state index is 13.2. The molecule has 9 heteroatoms. The van der Waals surface area contributed by atoms with E-state index in [-0.39, 0.29) is 41.7 Å². The Morgan fingerprint density at radius 3 is 2.34 bits per heavy atom. The molecule has 0 aromatic heterocycles. The van der Waals surface area contributed by atoms with Crippen molar-refractivity contribution >= 4 is 15.9 Å². The Hall–Kier alpha value is -2.65. The van der Waals surface area contributed by atoms with Crippen LogP contribution >= 0.6 is 0 Å². The van der Waals surface area contributed by atoms with Crippen molar-refractivity contribution in [1.29, 1.82) is 0 Å². The highest BCUT2D eigenvalue weighted by atomic mass is 32.2. The van der Waals surface area contributed by atoms with Crippen LogP contribution in [0, 0.1) is 11.7 Å². The summed E-state index contributed by atoms with van der Waals surface area (Å²) in [5, 5.41) is 0. The van der Waals surface area contributed by atoms with Crippen molar-refractivity contribution < 1.29 is 27.1 Å². The number of piperidine rings is 1. The van der Waals surface area contributed by atoms with E-state index < -0.39 is 10.0 Å². The van der Waals surface area contributed by atoms with E-state index in [1.54, 1.807) is 30.1 Å². The van der Waals surface area contributed by atoms with E-state index in [2.05, 4.69) is 0 Å². The first-order chi connectivity index (χ1) is 15.3. The van der Waals surface area contributed by atoms with Crippen molar-refractivity contribution in [1.82, 2.24) is 9.21 Å². The van der Waals surface area contributed by atoms with Gasteiger partial charge in [0.25, 0.3) is 0 Å². The third-order valence-electron chi connectivity index (χ3n) is 6.24. The Balaban J connectivity index is 1.40. The lowest BCUT2D eigenvalue weighted by atomic mass is 9.95. The van der Waals surface area contributed by atoms with Gasteiger partial charge in [0.1, 0.15) is 19.0 Å². The summed E-state index contributed by atoms with van der Waals surface area (Å²) < 4.78 is 51.8. The maximum Gasteiger partial charge on any atom is 0.243 e. The molecule has 0 radical (unpaired) electrons. The Morgan fingerprint density at radius 1 is 1.06 bits per heavy atom. The molecule has 7 nitrogen and oxygen atoms in total. The van der Waals surface area contributed by atoms with Crippen molar-refractivity contribution in [3.63, 3.8) is 0 Å². The highest BCUT2D eigenvalue weighted by molar-refractivity contribution is 7.89. The van der Waals surface area contributed by atoms with E-state index in [0.29, 0.717) is 37.6 Å². The van der Waals surface area contributed by atoms with E-state index in [1.807, 2.05) is 6.92 Å². The third-order valence-corrected chi connectivity index (χ3v) is 8.13. The lowest BCUT2D eigenvalue weighted by Crippen LogP contribution is -2.44. The Bertz CT molecular complexity index is 1080. The predicted molar refractivity (Wildman–Crippen MR) is 116 cm³/mol. The first-order valence-corrected chi connectivity index (χ1v) is 12.1. The van der Waals surface area contributed by atoms with E-state index in [1.165, 1.54) is 28.6 Å². The summed E-state index contributed by atoms with van der Waals surface area (Å²) in [6.07, 6.45) is 0.895. The zero-order valence-corrected chi connectivity index (χ0v) is 19.0. The van der Waals surface area contributed by atoms with E-state index in [9.17, 15) is 17.6 Å². The summed E-state index contributed by atoms with van der Waals surface area (Å²) in [4.78, 5) is 14.8. The van der Waals surface area contributed by atoms with Gasteiger partial charge in [-0.2, -0.15) is 4.31 Å². The molecule has 2 aliphatic heterocycles. The molecule has 32 heavy (non-hydrogen) atoms. The van der Waals surface area contributed by atoms with Crippen LogP contribution in [0.5, 0.6) is 11.5 Å². The van der Waals surface area contributed by atoms with Crippen molar-refractivity contribution in [3.8, 4) is 11.5 Å². The molecule has 0 aliphatic carbocycles. The molecule has 1 unspecified atom stereocenters. The second-order valence-corrected chi connectivity index (χ2v) is 10.1. The Morgan fingerprint density at radius 2 is 1.69 bits per heavy atom. The minimum Gasteiger partial charge on any atom is -0.486 e. The van der Waals surface area contributed by atoms with Crippen molar-refractivity contribution in [3.05, 3.63) is 53.8 Å². The number of hydrogen-bond donors (Lipinski definition) is 0. The van der Waals surface area contributed by atoms with Crippen LogP contribution in [0.3, 0.4) is 0 Å². The Kier molecular flexibility index (Phi) is 6.39. The van der Waals surface area contributed by atoms with Crippen LogP contribution in [0.15, 0.2) is 47.4 Å². The summed E-state index contributed by atoms with van der Waals surface area (Å²) in [7, 11) is -1.96. The van der Waals surface area contributed by atoms with Gasteiger partial charge >= 0.3 is 0 Å². The van der Waals surface area contributed by atoms with Gasteiger partial charge in [-0.05, 0) is 49.6 Å². The Labute approximate surface area is 187 Å². The van der Waals surface area contributed by atoms with Crippen molar-refractivity contribution in [2.45, 2.75) is 30.7 Å². The first kappa shape index (κ1) is 22.5. The number of rotatable bonds is 5. The van der Waals surface area contributed by atoms with E-state index >= 15 is 0 Å². The molecule has 2 aromatic carbocycles. The molecule has 1 fully saturated rings. The zero-order valence-electron chi connectivity index (χ0n) is 18.2. The number of benzene rings is 2. The SMILES string of the molecule is CC(c1ccc(F)cc1)N(C)C(=O)C1CCN(S(=O)(=O)c2ccc3c(c2)OCCO3)CC1. The van der Waals surface area contributed by atoms with Crippen LogP contribution in [-0.4, -0.2) is 56.9 Å². The van der Waals surface area contributed by atoms with Crippen molar-refractivity contribution in [2.24, 2.45) is 5.92 Å². The number of amides is 1. The molecule has 0 N–H and O–H groups in total. The van der Waals surface area contributed by atoms with Crippen LogP contribution < -0.4 is 9.47 Å². The number of fused-ring (bicyclic) bond motifs is 1. The summed E-state index contributed by atoms with van der Waals surface area (Å²) in [6, 6.07) is 10.5. The summed E-state index contributed by atoms with van der Waals surface area (Å²) in [6.45, 7) is 3.26. The number of nitrogens with zero attached hydrogens (tertiary/aromatic N) is 2. The van der Waals surface area contributed by atoms with Gasteiger partial charge in [0.15, 0.2) is 11.5 Å². The smallest absolute Gasteiger partial charge is 0.243 e. The highest BCUT2D eigenvalue weighted by Crippen LogP contribution is 2.34. The van der Waals surface area contributed by atoms with Crippen molar-refractivity contribution in [2.75, 3.05) is 33.4 Å². The normalized spacial score (nSPS) is 18.2. The van der Waals surface area contributed by atoms with Crippen LogP contribution in [0.2, 0.25) is 0 Å². The summed E-state index contributed by atoms with van der Waals surface area (Å²) in [5.41, 5.74) is 0.848. The van der Waals surface area contributed by atoms with Crippen LogP contribution in [0.25, 0.3) is 0 Å². The largest absolute Gasteiger partial charge is 0.486 e. The molecule has 1 amide bonds. The molecule has 4 rings (SSSR count). The number of halogens is 1. The molecule has 1 atom stereocenters. The van der Waals surface area contributed by atoms with Crippen LogP contribution in [-0.2, 0) is 14.8 Å². The fourth-order valence-electron chi connectivity index (χ4n) is 4.12. The number of ether oxygens (including phenoxy) is 2. The number of hydrogen-bond acceptors (Lipinski definition) is 5. The second kappa shape index (κ2) is 9.07. The molecule has 0 saturated carbocycles.